The van der Waals surface area contributed by atoms with E-state index in [2.05, 4.69) is 29.5 Å². The van der Waals surface area contributed by atoms with Crippen LogP contribution in [0.1, 0.15) is 19.5 Å². The highest BCUT2D eigenvalue weighted by Crippen LogP contribution is 2.19. The van der Waals surface area contributed by atoms with Crippen molar-refractivity contribution in [3.05, 3.63) is 58.6 Å². The maximum atomic E-state index is 12.2. The molecule has 114 valence electrons. The fourth-order valence-corrected chi connectivity index (χ4v) is 2.67. The number of pyridine rings is 1. The summed E-state index contributed by atoms with van der Waals surface area (Å²) in [5, 5.41) is 8.99. The zero-order valence-electron chi connectivity index (χ0n) is 12.9. The Bertz CT molecular complexity index is 847. The van der Waals surface area contributed by atoms with Crippen LogP contribution in [0.15, 0.2) is 47.4 Å². The molecule has 0 radical (unpaired) electrons. The van der Waals surface area contributed by atoms with Gasteiger partial charge in [0.2, 0.25) is 0 Å². The van der Waals surface area contributed by atoms with E-state index < -0.39 is 0 Å². The number of anilines is 1. The summed E-state index contributed by atoms with van der Waals surface area (Å²) in [6.07, 6.45) is 1.80. The van der Waals surface area contributed by atoms with E-state index in [4.69, 9.17) is 0 Å². The highest BCUT2D eigenvalue weighted by molar-refractivity contribution is 5.82. The number of hydrogen-bond donors (Lipinski definition) is 1. The molecule has 0 unspecified atom stereocenters. The molecule has 1 aromatic carbocycles. The number of aromatic nitrogens is 3. The van der Waals surface area contributed by atoms with Crippen LogP contribution in [0.25, 0.3) is 10.9 Å². The average Bonchev–Trinajstić information content (AvgIpc) is 2.92. The first-order chi connectivity index (χ1) is 10.7. The van der Waals surface area contributed by atoms with Crippen LogP contribution in [0.4, 0.5) is 5.69 Å². The van der Waals surface area contributed by atoms with Crippen LogP contribution in [0.5, 0.6) is 0 Å². The van der Waals surface area contributed by atoms with Gasteiger partial charge in [0.25, 0.3) is 5.56 Å². The Hall–Kier alpha value is -2.56. The van der Waals surface area contributed by atoms with Crippen molar-refractivity contribution in [2.24, 2.45) is 0 Å². The SMILES string of the molecule is CCn1cccc(NCc2nn(CC)c3ccccc23)c1=O. The van der Waals surface area contributed by atoms with Crippen molar-refractivity contribution in [1.29, 1.82) is 0 Å². The zero-order chi connectivity index (χ0) is 15.5. The van der Waals surface area contributed by atoms with E-state index in [-0.39, 0.29) is 5.56 Å². The molecule has 2 aromatic heterocycles. The van der Waals surface area contributed by atoms with Crippen LogP contribution in [0.3, 0.4) is 0 Å². The molecular weight excluding hydrogens is 276 g/mol. The van der Waals surface area contributed by atoms with Gasteiger partial charge in [-0.25, -0.2) is 0 Å². The Labute approximate surface area is 129 Å². The quantitative estimate of drug-likeness (QED) is 0.787. The maximum Gasteiger partial charge on any atom is 0.273 e. The van der Waals surface area contributed by atoms with Gasteiger partial charge < -0.3 is 9.88 Å². The van der Waals surface area contributed by atoms with E-state index in [1.165, 1.54) is 0 Å². The van der Waals surface area contributed by atoms with Gasteiger partial charge in [-0.1, -0.05) is 18.2 Å². The number of aryl methyl sites for hydroxylation is 2. The predicted molar refractivity (Wildman–Crippen MR) is 89.1 cm³/mol. The third-order valence-electron chi connectivity index (χ3n) is 3.84. The fourth-order valence-electron chi connectivity index (χ4n) is 2.67. The Morgan fingerprint density at radius 1 is 1.09 bits per heavy atom. The van der Waals surface area contributed by atoms with Crippen molar-refractivity contribution >= 4 is 16.6 Å². The van der Waals surface area contributed by atoms with Crippen LogP contribution >= 0.6 is 0 Å². The third kappa shape index (κ3) is 2.50. The number of para-hydroxylation sites is 1. The van der Waals surface area contributed by atoms with Crippen molar-refractivity contribution in [1.82, 2.24) is 14.3 Å². The zero-order valence-corrected chi connectivity index (χ0v) is 12.9. The van der Waals surface area contributed by atoms with Crippen molar-refractivity contribution in [3.8, 4) is 0 Å². The summed E-state index contributed by atoms with van der Waals surface area (Å²) in [5.74, 6) is 0. The first kappa shape index (κ1) is 14.4. The standard InChI is InChI=1S/C17H20N4O/c1-3-20-11-7-9-14(17(20)22)18-12-15-13-8-5-6-10-16(13)21(4-2)19-15/h5-11,18H,3-4,12H2,1-2H3. The van der Waals surface area contributed by atoms with E-state index in [0.717, 1.165) is 23.1 Å². The molecule has 0 saturated carbocycles. The monoisotopic (exact) mass is 296 g/mol. The predicted octanol–water partition coefficient (Wildman–Crippen LogP) is 2.85. The second kappa shape index (κ2) is 6.05. The number of rotatable bonds is 5. The van der Waals surface area contributed by atoms with Gasteiger partial charge in [-0.3, -0.25) is 9.48 Å². The average molecular weight is 296 g/mol. The van der Waals surface area contributed by atoms with Crippen molar-refractivity contribution in [2.75, 3.05) is 5.32 Å². The van der Waals surface area contributed by atoms with Crippen LogP contribution in [-0.4, -0.2) is 14.3 Å². The summed E-state index contributed by atoms with van der Waals surface area (Å²) in [5.41, 5.74) is 2.70. The highest BCUT2D eigenvalue weighted by atomic mass is 16.1. The lowest BCUT2D eigenvalue weighted by atomic mass is 10.2. The highest BCUT2D eigenvalue weighted by Gasteiger charge is 2.09. The summed E-state index contributed by atoms with van der Waals surface area (Å²) in [4.78, 5) is 12.2. The molecule has 5 heteroatoms. The molecule has 3 rings (SSSR count). The number of nitrogens with one attached hydrogen (secondary N) is 1. The van der Waals surface area contributed by atoms with Crippen molar-refractivity contribution in [2.45, 2.75) is 33.5 Å². The van der Waals surface area contributed by atoms with E-state index in [0.29, 0.717) is 18.8 Å². The first-order valence-corrected chi connectivity index (χ1v) is 7.62. The third-order valence-corrected chi connectivity index (χ3v) is 3.84. The van der Waals surface area contributed by atoms with Gasteiger partial charge in [-0.05, 0) is 32.0 Å². The van der Waals surface area contributed by atoms with Crippen LogP contribution in [0, 0.1) is 0 Å². The molecule has 0 spiro atoms. The summed E-state index contributed by atoms with van der Waals surface area (Å²) < 4.78 is 3.67. The van der Waals surface area contributed by atoms with Crippen LogP contribution in [-0.2, 0) is 19.6 Å². The molecule has 3 aromatic rings. The summed E-state index contributed by atoms with van der Waals surface area (Å²) in [6, 6.07) is 11.9. The van der Waals surface area contributed by atoms with Crippen molar-refractivity contribution < 1.29 is 0 Å². The van der Waals surface area contributed by atoms with E-state index >= 15 is 0 Å². The van der Waals surface area contributed by atoms with E-state index in [1.54, 1.807) is 10.8 Å². The molecule has 0 saturated heterocycles. The lowest BCUT2D eigenvalue weighted by Gasteiger charge is -2.07. The van der Waals surface area contributed by atoms with Gasteiger partial charge in [0.05, 0.1) is 17.8 Å². The van der Waals surface area contributed by atoms with Gasteiger partial charge >= 0.3 is 0 Å². The number of benzene rings is 1. The largest absolute Gasteiger partial charge is 0.375 e. The number of nitrogens with zero attached hydrogens (tertiary/aromatic N) is 3. The van der Waals surface area contributed by atoms with Gasteiger partial charge in [0.15, 0.2) is 0 Å². The Morgan fingerprint density at radius 3 is 2.68 bits per heavy atom. The first-order valence-electron chi connectivity index (χ1n) is 7.62. The minimum Gasteiger partial charge on any atom is -0.375 e. The van der Waals surface area contributed by atoms with E-state index in [9.17, 15) is 4.79 Å². The Kier molecular flexibility index (Phi) is 3.96. The van der Waals surface area contributed by atoms with Gasteiger partial charge in [-0.15, -0.1) is 0 Å². The molecule has 0 atom stereocenters. The topological polar surface area (TPSA) is 51.9 Å². The fraction of sp³-hybridized carbons (Fsp3) is 0.294. The molecule has 22 heavy (non-hydrogen) atoms. The molecule has 0 aliphatic carbocycles. The lowest BCUT2D eigenvalue weighted by molar-refractivity contribution is 0.670. The molecular formula is C17H20N4O. The summed E-state index contributed by atoms with van der Waals surface area (Å²) >= 11 is 0. The Balaban J connectivity index is 1.90. The molecule has 0 aliphatic rings. The summed E-state index contributed by atoms with van der Waals surface area (Å²) in [7, 11) is 0. The molecule has 0 amide bonds. The normalized spacial score (nSPS) is 11.0. The molecule has 0 bridgehead atoms. The Morgan fingerprint density at radius 2 is 1.91 bits per heavy atom. The molecule has 2 heterocycles. The van der Waals surface area contributed by atoms with Gasteiger partial charge in [-0.2, -0.15) is 5.10 Å². The van der Waals surface area contributed by atoms with Gasteiger partial charge in [0.1, 0.15) is 5.69 Å². The number of hydrogen-bond acceptors (Lipinski definition) is 3. The molecule has 1 N–H and O–H groups in total. The smallest absolute Gasteiger partial charge is 0.273 e. The molecule has 0 aliphatic heterocycles. The second-order valence-corrected chi connectivity index (χ2v) is 5.15. The number of fused-ring (bicyclic) bond motifs is 1. The second-order valence-electron chi connectivity index (χ2n) is 5.15. The maximum absolute atomic E-state index is 12.2. The van der Waals surface area contributed by atoms with Crippen LogP contribution < -0.4 is 10.9 Å². The minimum absolute atomic E-state index is 0.00392. The molecule has 0 fully saturated rings. The van der Waals surface area contributed by atoms with Crippen LogP contribution in [0.2, 0.25) is 0 Å². The van der Waals surface area contributed by atoms with Crippen molar-refractivity contribution in [3.63, 3.8) is 0 Å². The minimum atomic E-state index is 0.00392. The van der Waals surface area contributed by atoms with Gasteiger partial charge in [0, 0.05) is 24.7 Å². The van der Waals surface area contributed by atoms with E-state index in [1.807, 2.05) is 35.9 Å². The molecule has 5 nitrogen and oxygen atoms in total. The lowest BCUT2D eigenvalue weighted by Crippen LogP contribution is -2.22. The summed E-state index contributed by atoms with van der Waals surface area (Å²) in [6.45, 7) is 6.07.